The minimum absolute atomic E-state index is 0.139. The molecule has 6 aromatic rings. The number of amides is 1. The van der Waals surface area contributed by atoms with Gasteiger partial charge in [0.1, 0.15) is 0 Å². The van der Waals surface area contributed by atoms with E-state index in [1.165, 1.54) is 11.1 Å². The maximum absolute atomic E-state index is 13.9. The van der Waals surface area contributed by atoms with Gasteiger partial charge in [-0.2, -0.15) is 0 Å². The minimum Gasteiger partial charge on any atom is -0.342 e. The first-order valence-electron chi connectivity index (χ1n) is 13.7. The van der Waals surface area contributed by atoms with Gasteiger partial charge >= 0.3 is 0 Å². The molecule has 5 aromatic carbocycles. The van der Waals surface area contributed by atoms with Crippen molar-refractivity contribution < 1.29 is 4.79 Å². The molecule has 202 valence electrons. The molecule has 1 unspecified atom stereocenters. The third kappa shape index (κ3) is 6.08. The van der Waals surface area contributed by atoms with Gasteiger partial charge in [0, 0.05) is 17.0 Å². The Balaban J connectivity index is 1.41. The smallest absolute Gasteiger partial charge is 0.252 e. The monoisotopic (exact) mass is 554 g/mol. The van der Waals surface area contributed by atoms with Crippen LogP contribution in [0.2, 0.25) is 0 Å². The van der Waals surface area contributed by atoms with Gasteiger partial charge in [0.15, 0.2) is 11.0 Å². The van der Waals surface area contributed by atoms with Crippen molar-refractivity contribution in [2.75, 3.05) is 0 Å². The normalized spacial score (nSPS) is 11.8. The van der Waals surface area contributed by atoms with Crippen molar-refractivity contribution in [2.24, 2.45) is 0 Å². The SMILES string of the molecule is Cc1ccc(-n2c(SCc3ccccc3)nnc2C(Cc2ccccc2)NC(=O)c2cccc3ccccc23)cc1. The standard InChI is InChI=1S/C35H30N4OS/c1-25-19-21-29(22-20-25)39-33(37-38-35(39)41-24-27-13-6-3-7-14-27)32(23-26-11-4-2-5-12-26)36-34(40)31-18-10-16-28-15-8-9-17-30(28)31/h2-22,32H,23-24H2,1H3,(H,36,40). The Bertz CT molecular complexity index is 1760. The molecule has 0 aliphatic heterocycles. The van der Waals surface area contributed by atoms with Gasteiger partial charge in [0.2, 0.25) is 0 Å². The number of rotatable bonds is 9. The Morgan fingerprint density at radius 2 is 1.41 bits per heavy atom. The van der Waals surface area contributed by atoms with E-state index < -0.39 is 6.04 Å². The van der Waals surface area contributed by atoms with E-state index in [-0.39, 0.29) is 5.91 Å². The van der Waals surface area contributed by atoms with Crippen LogP contribution in [0.25, 0.3) is 16.5 Å². The Morgan fingerprint density at radius 1 is 0.756 bits per heavy atom. The lowest BCUT2D eigenvalue weighted by molar-refractivity contribution is 0.0936. The summed E-state index contributed by atoms with van der Waals surface area (Å²) in [4.78, 5) is 13.9. The maximum Gasteiger partial charge on any atom is 0.252 e. The molecular formula is C35H30N4OS. The number of aromatic nitrogens is 3. The van der Waals surface area contributed by atoms with Crippen LogP contribution in [-0.2, 0) is 12.2 Å². The van der Waals surface area contributed by atoms with Crippen LogP contribution in [0.3, 0.4) is 0 Å². The predicted molar refractivity (Wildman–Crippen MR) is 166 cm³/mol. The lowest BCUT2D eigenvalue weighted by Crippen LogP contribution is -2.32. The number of nitrogens with one attached hydrogen (secondary N) is 1. The molecule has 0 spiro atoms. The van der Waals surface area contributed by atoms with Crippen LogP contribution in [0.1, 0.15) is 38.9 Å². The van der Waals surface area contributed by atoms with E-state index in [4.69, 9.17) is 5.10 Å². The van der Waals surface area contributed by atoms with Crippen molar-refractivity contribution in [3.63, 3.8) is 0 Å². The van der Waals surface area contributed by atoms with Crippen molar-refractivity contribution in [3.05, 3.63) is 155 Å². The summed E-state index contributed by atoms with van der Waals surface area (Å²) in [6.07, 6.45) is 0.574. The fourth-order valence-corrected chi connectivity index (χ4v) is 5.89. The largest absolute Gasteiger partial charge is 0.342 e. The molecule has 0 saturated heterocycles. The number of hydrogen-bond donors (Lipinski definition) is 1. The first kappa shape index (κ1) is 26.5. The van der Waals surface area contributed by atoms with E-state index in [9.17, 15) is 4.79 Å². The first-order valence-corrected chi connectivity index (χ1v) is 14.7. The Hall–Kier alpha value is -4.68. The highest BCUT2D eigenvalue weighted by molar-refractivity contribution is 7.98. The molecule has 5 nitrogen and oxygen atoms in total. The molecule has 1 N–H and O–H groups in total. The summed E-state index contributed by atoms with van der Waals surface area (Å²) >= 11 is 1.64. The second-order valence-corrected chi connectivity index (χ2v) is 11.0. The van der Waals surface area contributed by atoms with Crippen LogP contribution in [0.4, 0.5) is 0 Å². The molecule has 41 heavy (non-hydrogen) atoms. The summed E-state index contributed by atoms with van der Waals surface area (Å²) in [5.41, 5.74) is 5.09. The number of thioether (sulfide) groups is 1. The molecular weight excluding hydrogens is 524 g/mol. The van der Waals surface area contributed by atoms with Crippen molar-refractivity contribution in [2.45, 2.75) is 30.3 Å². The zero-order valence-corrected chi connectivity index (χ0v) is 23.6. The van der Waals surface area contributed by atoms with Gasteiger partial charge in [-0.3, -0.25) is 9.36 Å². The summed E-state index contributed by atoms with van der Waals surface area (Å²) in [6, 6.07) is 42.3. The molecule has 0 aliphatic carbocycles. The molecule has 1 atom stereocenters. The molecule has 6 heteroatoms. The predicted octanol–water partition coefficient (Wildman–Crippen LogP) is 7.74. The van der Waals surface area contributed by atoms with E-state index in [0.717, 1.165) is 32.9 Å². The molecule has 1 heterocycles. The lowest BCUT2D eigenvalue weighted by atomic mass is 10.0. The maximum atomic E-state index is 13.9. The van der Waals surface area contributed by atoms with Crippen LogP contribution in [0.5, 0.6) is 0 Å². The number of benzene rings is 5. The number of nitrogens with zero attached hydrogens (tertiary/aromatic N) is 3. The van der Waals surface area contributed by atoms with Crippen molar-refractivity contribution in [3.8, 4) is 5.69 Å². The average molecular weight is 555 g/mol. The third-order valence-electron chi connectivity index (χ3n) is 7.10. The molecule has 0 fully saturated rings. The van der Waals surface area contributed by atoms with E-state index in [2.05, 4.69) is 70.4 Å². The molecule has 0 aliphatic rings. The second-order valence-electron chi connectivity index (χ2n) is 10.0. The lowest BCUT2D eigenvalue weighted by Gasteiger charge is -2.21. The summed E-state index contributed by atoms with van der Waals surface area (Å²) in [7, 11) is 0. The van der Waals surface area contributed by atoms with Crippen LogP contribution in [0, 0.1) is 6.92 Å². The van der Waals surface area contributed by atoms with Gasteiger partial charge in [-0.05, 0) is 53.4 Å². The third-order valence-corrected chi connectivity index (χ3v) is 8.10. The van der Waals surface area contributed by atoms with Crippen molar-refractivity contribution in [1.82, 2.24) is 20.1 Å². The van der Waals surface area contributed by atoms with Gasteiger partial charge in [-0.25, -0.2) is 0 Å². The first-order chi connectivity index (χ1) is 20.2. The fraction of sp³-hybridized carbons (Fsp3) is 0.114. The molecule has 6 rings (SSSR count). The van der Waals surface area contributed by atoms with Gasteiger partial charge in [0.25, 0.3) is 5.91 Å². The number of fused-ring (bicyclic) bond motifs is 1. The number of carbonyl (C=O) groups is 1. The molecule has 0 saturated carbocycles. The highest BCUT2D eigenvalue weighted by Crippen LogP contribution is 2.30. The van der Waals surface area contributed by atoms with Crippen LogP contribution in [0.15, 0.2) is 133 Å². The number of hydrogen-bond acceptors (Lipinski definition) is 4. The zero-order chi connectivity index (χ0) is 28.0. The van der Waals surface area contributed by atoms with E-state index >= 15 is 0 Å². The number of carbonyl (C=O) groups excluding carboxylic acids is 1. The molecule has 1 aromatic heterocycles. The summed E-state index contributed by atoms with van der Waals surface area (Å²) < 4.78 is 2.09. The van der Waals surface area contributed by atoms with Crippen molar-refractivity contribution in [1.29, 1.82) is 0 Å². The Morgan fingerprint density at radius 3 is 2.17 bits per heavy atom. The molecule has 0 radical (unpaired) electrons. The number of aryl methyl sites for hydroxylation is 1. The van der Waals surface area contributed by atoms with E-state index in [1.807, 2.05) is 78.9 Å². The fourth-order valence-electron chi connectivity index (χ4n) is 4.98. The minimum atomic E-state index is -0.413. The van der Waals surface area contributed by atoms with Crippen LogP contribution >= 0.6 is 11.8 Å². The summed E-state index contributed by atoms with van der Waals surface area (Å²) in [5.74, 6) is 1.32. The van der Waals surface area contributed by atoms with Gasteiger partial charge in [0.05, 0.1) is 6.04 Å². The highest BCUT2D eigenvalue weighted by atomic mass is 32.2. The van der Waals surface area contributed by atoms with Crippen molar-refractivity contribution >= 4 is 28.4 Å². The van der Waals surface area contributed by atoms with E-state index in [1.54, 1.807) is 11.8 Å². The van der Waals surface area contributed by atoms with E-state index in [0.29, 0.717) is 17.8 Å². The molecule has 1 amide bonds. The van der Waals surface area contributed by atoms with Gasteiger partial charge in [-0.1, -0.05) is 127 Å². The summed E-state index contributed by atoms with van der Waals surface area (Å²) in [6.45, 7) is 2.07. The topological polar surface area (TPSA) is 59.8 Å². The molecule has 0 bridgehead atoms. The Labute approximate surface area is 244 Å². The van der Waals surface area contributed by atoms with Gasteiger partial charge in [-0.15, -0.1) is 10.2 Å². The summed E-state index contributed by atoms with van der Waals surface area (Å²) in [5, 5.41) is 15.4. The van der Waals surface area contributed by atoms with Gasteiger partial charge < -0.3 is 5.32 Å². The quantitative estimate of drug-likeness (QED) is 0.186. The zero-order valence-electron chi connectivity index (χ0n) is 22.8. The second kappa shape index (κ2) is 12.2. The van der Waals surface area contributed by atoms with Crippen LogP contribution in [-0.4, -0.2) is 20.7 Å². The highest BCUT2D eigenvalue weighted by Gasteiger charge is 2.26. The average Bonchev–Trinajstić information content (AvgIpc) is 3.44. The Kier molecular flexibility index (Phi) is 7.92. The van der Waals surface area contributed by atoms with Crippen LogP contribution < -0.4 is 5.32 Å².